The van der Waals surface area contributed by atoms with Crippen LogP contribution < -0.4 is 0 Å². The van der Waals surface area contributed by atoms with E-state index in [0.29, 0.717) is 28.3 Å². The molecule has 0 amide bonds. The first-order chi connectivity index (χ1) is 15.7. The topological polar surface area (TPSA) is 12.5 Å². The third-order valence-electron chi connectivity index (χ3n) is 6.48. The van der Waals surface area contributed by atoms with Crippen molar-refractivity contribution in [3.05, 3.63) is 94.5 Å². The summed E-state index contributed by atoms with van der Waals surface area (Å²) in [7, 11) is 2.11. The molecule has 174 valence electrons. The Labute approximate surface area is 197 Å². The minimum Gasteiger partial charge on any atom is -0.376 e. The molecule has 0 bridgehead atoms. The highest BCUT2D eigenvalue weighted by Crippen LogP contribution is 2.37. The summed E-state index contributed by atoms with van der Waals surface area (Å²) in [5.41, 5.74) is 2.11. The molecule has 1 aliphatic rings. The van der Waals surface area contributed by atoms with Gasteiger partial charge in [0, 0.05) is 10.4 Å². The number of alkyl halides is 3. The molecule has 0 N–H and O–H groups in total. The SMILES string of the molecule is CN1CCC(COCc2cc(-c3ccc(Cl)cc3)cc(C(F)(F)F)c2)(c2ccccc2)CC1. The maximum atomic E-state index is 13.6. The second kappa shape index (κ2) is 9.88. The number of halogens is 4. The molecule has 1 heterocycles. The number of piperidine rings is 1. The van der Waals surface area contributed by atoms with Gasteiger partial charge in [-0.1, -0.05) is 54.1 Å². The molecule has 0 spiro atoms. The van der Waals surface area contributed by atoms with Crippen LogP contribution in [0.2, 0.25) is 5.02 Å². The highest BCUT2D eigenvalue weighted by molar-refractivity contribution is 6.30. The monoisotopic (exact) mass is 473 g/mol. The minimum atomic E-state index is -4.43. The zero-order valence-electron chi connectivity index (χ0n) is 18.5. The zero-order valence-corrected chi connectivity index (χ0v) is 19.3. The standard InChI is InChI=1S/C27H27ClF3NO/c1-32-13-11-26(12-14-32,23-5-3-2-4-6-23)19-33-18-20-15-22(17-24(16-20)27(29,30)31)21-7-9-25(28)10-8-21/h2-10,15-17H,11-14,18-19H2,1H3. The van der Waals surface area contributed by atoms with Gasteiger partial charge in [-0.05, 0) is 85.6 Å². The van der Waals surface area contributed by atoms with E-state index in [9.17, 15) is 13.2 Å². The maximum Gasteiger partial charge on any atom is 0.416 e. The average molecular weight is 474 g/mol. The van der Waals surface area contributed by atoms with Gasteiger partial charge in [0.1, 0.15) is 0 Å². The van der Waals surface area contributed by atoms with Gasteiger partial charge in [-0.15, -0.1) is 0 Å². The molecule has 0 aliphatic carbocycles. The molecular formula is C27H27ClF3NO. The lowest BCUT2D eigenvalue weighted by molar-refractivity contribution is -0.137. The second-order valence-corrected chi connectivity index (χ2v) is 9.30. The Morgan fingerprint density at radius 2 is 1.58 bits per heavy atom. The van der Waals surface area contributed by atoms with E-state index in [1.807, 2.05) is 18.2 Å². The van der Waals surface area contributed by atoms with Crippen LogP contribution in [0.15, 0.2) is 72.8 Å². The van der Waals surface area contributed by atoms with Crippen LogP contribution in [0.4, 0.5) is 13.2 Å². The van der Waals surface area contributed by atoms with Crippen LogP contribution in [0.5, 0.6) is 0 Å². The van der Waals surface area contributed by atoms with Crippen molar-refractivity contribution in [1.29, 1.82) is 0 Å². The normalized spacial score (nSPS) is 16.6. The molecule has 1 fully saturated rings. The quantitative estimate of drug-likeness (QED) is 0.375. The van der Waals surface area contributed by atoms with Gasteiger partial charge in [0.25, 0.3) is 0 Å². The van der Waals surface area contributed by atoms with Crippen molar-refractivity contribution in [2.75, 3.05) is 26.7 Å². The second-order valence-electron chi connectivity index (χ2n) is 8.87. The van der Waals surface area contributed by atoms with Gasteiger partial charge in [-0.3, -0.25) is 0 Å². The Morgan fingerprint density at radius 1 is 0.909 bits per heavy atom. The average Bonchev–Trinajstić information content (AvgIpc) is 2.81. The van der Waals surface area contributed by atoms with E-state index in [2.05, 4.69) is 24.1 Å². The van der Waals surface area contributed by atoms with Crippen LogP contribution in [0.1, 0.15) is 29.5 Å². The smallest absolute Gasteiger partial charge is 0.376 e. The summed E-state index contributed by atoms with van der Waals surface area (Å²) in [5.74, 6) is 0. The molecule has 0 atom stereocenters. The van der Waals surface area contributed by atoms with Gasteiger partial charge < -0.3 is 9.64 Å². The van der Waals surface area contributed by atoms with E-state index < -0.39 is 11.7 Å². The van der Waals surface area contributed by atoms with Gasteiger partial charge in [-0.25, -0.2) is 0 Å². The van der Waals surface area contributed by atoms with Crippen molar-refractivity contribution >= 4 is 11.6 Å². The summed E-state index contributed by atoms with van der Waals surface area (Å²) < 4.78 is 46.9. The Kier molecular flexibility index (Phi) is 7.13. The van der Waals surface area contributed by atoms with Crippen molar-refractivity contribution in [3.63, 3.8) is 0 Å². The molecule has 0 unspecified atom stereocenters. The number of likely N-dealkylation sites (tertiary alicyclic amines) is 1. The molecule has 4 rings (SSSR count). The van der Waals surface area contributed by atoms with Crippen molar-refractivity contribution < 1.29 is 17.9 Å². The summed E-state index contributed by atoms with van der Waals surface area (Å²) >= 11 is 5.95. The molecule has 3 aromatic rings. The predicted molar refractivity (Wildman–Crippen MR) is 126 cm³/mol. The molecule has 2 nitrogen and oxygen atoms in total. The molecule has 3 aromatic carbocycles. The minimum absolute atomic E-state index is 0.120. The number of hydrogen-bond donors (Lipinski definition) is 0. The summed E-state index contributed by atoms with van der Waals surface area (Å²) in [6.45, 7) is 2.51. The van der Waals surface area contributed by atoms with E-state index in [1.165, 1.54) is 17.7 Å². The Hall–Kier alpha value is -2.34. The third-order valence-corrected chi connectivity index (χ3v) is 6.73. The Bertz CT molecular complexity index is 1060. The van der Waals surface area contributed by atoms with Gasteiger partial charge in [-0.2, -0.15) is 13.2 Å². The zero-order chi connectivity index (χ0) is 23.5. The van der Waals surface area contributed by atoms with Gasteiger partial charge in [0.2, 0.25) is 0 Å². The van der Waals surface area contributed by atoms with Crippen molar-refractivity contribution in [2.24, 2.45) is 0 Å². The summed E-state index contributed by atoms with van der Waals surface area (Å²) in [6.07, 6.45) is -2.53. The molecule has 1 saturated heterocycles. The molecular weight excluding hydrogens is 447 g/mol. The largest absolute Gasteiger partial charge is 0.416 e. The lowest BCUT2D eigenvalue weighted by Gasteiger charge is -2.41. The highest BCUT2D eigenvalue weighted by Gasteiger charge is 2.36. The summed E-state index contributed by atoms with van der Waals surface area (Å²) in [4.78, 5) is 2.30. The number of hydrogen-bond acceptors (Lipinski definition) is 2. The number of ether oxygens (including phenoxy) is 1. The van der Waals surface area contributed by atoms with E-state index in [1.54, 1.807) is 30.3 Å². The van der Waals surface area contributed by atoms with E-state index in [4.69, 9.17) is 16.3 Å². The van der Waals surface area contributed by atoms with Crippen LogP contribution in [0, 0.1) is 0 Å². The molecule has 0 saturated carbocycles. The molecule has 0 aromatic heterocycles. The molecule has 33 heavy (non-hydrogen) atoms. The van der Waals surface area contributed by atoms with Gasteiger partial charge in [0.05, 0.1) is 18.8 Å². The fourth-order valence-electron chi connectivity index (χ4n) is 4.47. The molecule has 0 radical (unpaired) electrons. The van der Waals surface area contributed by atoms with Crippen LogP contribution in [-0.2, 0) is 22.9 Å². The van der Waals surface area contributed by atoms with Crippen LogP contribution in [-0.4, -0.2) is 31.6 Å². The van der Waals surface area contributed by atoms with Crippen LogP contribution in [0.25, 0.3) is 11.1 Å². The summed E-state index contributed by atoms with van der Waals surface area (Å²) in [6, 6.07) is 21.2. The Morgan fingerprint density at radius 3 is 2.21 bits per heavy atom. The number of benzene rings is 3. The first-order valence-electron chi connectivity index (χ1n) is 11.0. The molecule has 6 heteroatoms. The fourth-order valence-corrected chi connectivity index (χ4v) is 4.59. The third kappa shape index (κ3) is 5.78. The van der Waals surface area contributed by atoms with Crippen molar-refractivity contribution in [1.82, 2.24) is 4.90 Å². The fraction of sp³-hybridized carbons (Fsp3) is 0.333. The predicted octanol–water partition coefficient (Wildman–Crippen LogP) is 7.21. The summed E-state index contributed by atoms with van der Waals surface area (Å²) in [5, 5.41) is 0.540. The van der Waals surface area contributed by atoms with Crippen LogP contribution in [0.3, 0.4) is 0 Å². The Balaban J connectivity index is 1.56. The maximum absolute atomic E-state index is 13.6. The highest BCUT2D eigenvalue weighted by atomic mass is 35.5. The first kappa shape index (κ1) is 23.8. The van der Waals surface area contributed by atoms with Crippen molar-refractivity contribution in [3.8, 4) is 11.1 Å². The van der Waals surface area contributed by atoms with E-state index in [-0.39, 0.29) is 12.0 Å². The van der Waals surface area contributed by atoms with Crippen molar-refractivity contribution in [2.45, 2.75) is 31.0 Å². The lowest BCUT2D eigenvalue weighted by Crippen LogP contribution is -2.43. The van der Waals surface area contributed by atoms with Crippen LogP contribution >= 0.6 is 11.6 Å². The molecule has 1 aliphatic heterocycles. The first-order valence-corrected chi connectivity index (χ1v) is 11.4. The number of nitrogens with zero attached hydrogens (tertiary/aromatic N) is 1. The van der Waals surface area contributed by atoms with Gasteiger partial charge >= 0.3 is 6.18 Å². The lowest BCUT2D eigenvalue weighted by atomic mass is 9.73. The van der Waals surface area contributed by atoms with Gasteiger partial charge in [0.15, 0.2) is 0 Å². The number of rotatable bonds is 6. The van der Waals surface area contributed by atoms with E-state index in [0.717, 1.165) is 25.9 Å². The van der Waals surface area contributed by atoms with E-state index >= 15 is 0 Å².